The molecule has 3 aromatic rings. The van der Waals surface area contributed by atoms with Gasteiger partial charge in [0.1, 0.15) is 5.82 Å². The Kier molecular flexibility index (Phi) is 5.45. The van der Waals surface area contributed by atoms with Gasteiger partial charge in [-0.1, -0.05) is 76.2 Å². The van der Waals surface area contributed by atoms with Crippen molar-refractivity contribution in [3.05, 3.63) is 78.0 Å². The minimum absolute atomic E-state index is 0.0127. The van der Waals surface area contributed by atoms with E-state index in [0.29, 0.717) is 5.82 Å². The number of nitrogens with zero attached hydrogens (tertiary/aromatic N) is 2. The van der Waals surface area contributed by atoms with Crippen LogP contribution in [0.15, 0.2) is 66.7 Å². The molecule has 0 saturated heterocycles. The molecule has 4 heteroatoms. The van der Waals surface area contributed by atoms with Crippen LogP contribution in [0.5, 0.6) is 0 Å². The predicted molar refractivity (Wildman–Crippen MR) is 110 cm³/mol. The van der Waals surface area contributed by atoms with E-state index >= 15 is 0 Å². The Hall–Kier alpha value is -2.88. The molecule has 0 radical (unpaired) electrons. The topological polar surface area (TPSA) is 46.9 Å². The van der Waals surface area contributed by atoms with Crippen LogP contribution < -0.4 is 5.32 Å². The van der Waals surface area contributed by atoms with E-state index in [9.17, 15) is 4.79 Å². The number of carbonyl (C=O) groups excluding carboxylic acids is 1. The summed E-state index contributed by atoms with van der Waals surface area (Å²) in [7, 11) is 0. The molecule has 0 aliphatic heterocycles. The van der Waals surface area contributed by atoms with Crippen molar-refractivity contribution in [2.24, 2.45) is 0 Å². The fraction of sp³-hybridized carbons (Fsp3) is 0.304. The lowest BCUT2D eigenvalue weighted by atomic mass is 9.92. The van der Waals surface area contributed by atoms with Crippen molar-refractivity contribution >= 4 is 11.7 Å². The van der Waals surface area contributed by atoms with E-state index in [4.69, 9.17) is 5.10 Å². The molecule has 0 fully saturated rings. The zero-order valence-electron chi connectivity index (χ0n) is 16.4. The second-order valence-electron chi connectivity index (χ2n) is 7.77. The molecular weight excluding hydrogens is 334 g/mol. The van der Waals surface area contributed by atoms with E-state index in [1.807, 2.05) is 78.3 Å². The average Bonchev–Trinajstić information content (AvgIpc) is 3.08. The molecule has 0 saturated carbocycles. The molecule has 140 valence electrons. The van der Waals surface area contributed by atoms with Gasteiger partial charge in [0.25, 0.3) is 0 Å². The van der Waals surface area contributed by atoms with Gasteiger partial charge in [-0.25, -0.2) is 4.68 Å². The van der Waals surface area contributed by atoms with E-state index in [2.05, 4.69) is 26.1 Å². The second kappa shape index (κ2) is 7.78. The number of hydrogen-bond acceptors (Lipinski definition) is 2. The fourth-order valence-electron chi connectivity index (χ4n) is 3.07. The maximum atomic E-state index is 13.0. The smallest absolute Gasteiger partial charge is 0.233 e. The maximum absolute atomic E-state index is 13.0. The van der Waals surface area contributed by atoms with Gasteiger partial charge < -0.3 is 5.32 Å². The number of anilines is 1. The lowest BCUT2D eigenvalue weighted by Gasteiger charge is -2.16. The SMILES string of the molecule is CCC(C(=O)Nc1cc(C(C)(C)C)nn1-c1ccccc1)c1ccccc1. The van der Waals surface area contributed by atoms with Crippen molar-refractivity contribution < 1.29 is 4.79 Å². The first-order valence-corrected chi connectivity index (χ1v) is 9.42. The second-order valence-corrected chi connectivity index (χ2v) is 7.77. The van der Waals surface area contributed by atoms with Crippen LogP contribution in [0, 0.1) is 0 Å². The van der Waals surface area contributed by atoms with Gasteiger partial charge in [-0.15, -0.1) is 0 Å². The first kappa shape index (κ1) is 18.9. The normalized spacial score (nSPS) is 12.6. The first-order chi connectivity index (χ1) is 12.9. The highest BCUT2D eigenvalue weighted by Crippen LogP contribution is 2.28. The molecule has 1 N–H and O–H groups in total. The molecule has 1 unspecified atom stereocenters. The highest BCUT2D eigenvalue weighted by Gasteiger charge is 2.24. The highest BCUT2D eigenvalue weighted by molar-refractivity contribution is 5.95. The lowest BCUT2D eigenvalue weighted by molar-refractivity contribution is -0.117. The molecular formula is C23H27N3O. The fourth-order valence-corrected chi connectivity index (χ4v) is 3.07. The van der Waals surface area contributed by atoms with Gasteiger partial charge in [-0.2, -0.15) is 5.10 Å². The zero-order valence-corrected chi connectivity index (χ0v) is 16.4. The van der Waals surface area contributed by atoms with Crippen LogP contribution >= 0.6 is 0 Å². The van der Waals surface area contributed by atoms with Crippen molar-refractivity contribution in [3.63, 3.8) is 0 Å². The van der Waals surface area contributed by atoms with Crippen molar-refractivity contribution in [2.75, 3.05) is 5.32 Å². The number of nitrogens with one attached hydrogen (secondary N) is 1. The summed E-state index contributed by atoms with van der Waals surface area (Å²) >= 11 is 0. The number of hydrogen-bond donors (Lipinski definition) is 1. The van der Waals surface area contributed by atoms with E-state index in [1.165, 1.54) is 0 Å². The molecule has 1 amide bonds. The summed E-state index contributed by atoms with van der Waals surface area (Å²) in [5, 5.41) is 7.88. The molecule has 1 atom stereocenters. The van der Waals surface area contributed by atoms with Gasteiger partial charge in [0.2, 0.25) is 5.91 Å². The Bertz CT molecular complexity index is 892. The molecule has 1 heterocycles. The standard InChI is InChI=1S/C23H27N3O/c1-5-19(17-12-8-6-9-13-17)22(27)24-21-16-20(23(2,3)4)25-26(21)18-14-10-7-11-15-18/h6-16,19H,5H2,1-4H3,(H,24,27). The largest absolute Gasteiger partial charge is 0.310 e. The van der Waals surface area contributed by atoms with E-state index in [0.717, 1.165) is 23.4 Å². The molecule has 3 rings (SSSR count). The Morgan fingerprint density at radius 1 is 1.04 bits per heavy atom. The van der Waals surface area contributed by atoms with Crippen LogP contribution in [-0.2, 0) is 10.2 Å². The summed E-state index contributed by atoms with van der Waals surface area (Å²) in [6, 6.07) is 21.8. The monoisotopic (exact) mass is 361 g/mol. The number of benzene rings is 2. The molecule has 0 aliphatic carbocycles. The Morgan fingerprint density at radius 2 is 1.63 bits per heavy atom. The number of rotatable bonds is 5. The summed E-state index contributed by atoms with van der Waals surface area (Å²) < 4.78 is 1.82. The third kappa shape index (κ3) is 4.27. The van der Waals surface area contributed by atoms with E-state index in [1.54, 1.807) is 0 Å². The van der Waals surface area contributed by atoms with Gasteiger partial charge in [-0.3, -0.25) is 4.79 Å². The van der Waals surface area contributed by atoms with Crippen LogP contribution in [0.2, 0.25) is 0 Å². The van der Waals surface area contributed by atoms with Gasteiger partial charge in [0.15, 0.2) is 0 Å². The maximum Gasteiger partial charge on any atom is 0.233 e. The number of aromatic nitrogens is 2. The molecule has 1 aromatic heterocycles. The Labute approximate surface area is 161 Å². The summed E-state index contributed by atoms with van der Waals surface area (Å²) in [6.07, 6.45) is 0.738. The lowest BCUT2D eigenvalue weighted by Crippen LogP contribution is -2.22. The minimum Gasteiger partial charge on any atom is -0.310 e. The minimum atomic E-state index is -0.191. The number of para-hydroxylation sites is 1. The zero-order chi connectivity index (χ0) is 19.4. The number of carbonyl (C=O) groups is 1. The van der Waals surface area contributed by atoms with Crippen LogP contribution in [0.25, 0.3) is 5.69 Å². The molecule has 0 spiro atoms. The summed E-state index contributed by atoms with van der Waals surface area (Å²) in [5.74, 6) is 0.496. The molecule has 2 aromatic carbocycles. The third-order valence-corrected chi connectivity index (χ3v) is 4.66. The number of amides is 1. The summed E-state index contributed by atoms with van der Waals surface area (Å²) in [5.41, 5.74) is 2.79. The van der Waals surface area contributed by atoms with Crippen LogP contribution in [0.1, 0.15) is 51.3 Å². The van der Waals surface area contributed by atoms with E-state index in [-0.39, 0.29) is 17.2 Å². The Balaban J connectivity index is 1.96. The van der Waals surface area contributed by atoms with Gasteiger partial charge in [-0.05, 0) is 24.1 Å². The molecule has 0 aliphatic rings. The quantitative estimate of drug-likeness (QED) is 0.670. The van der Waals surface area contributed by atoms with E-state index < -0.39 is 0 Å². The average molecular weight is 361 g/mol. The molecule has 0 bridgehead atoms. The van der Waals surface area contributed by atoms with Crippen LogP contribution in [0.4, 0.5) is 5.82 Å². The summed E-state index contributed by atoms with van der Waals surface area (Å²) in [4.78, 5) is 13.0. The first-order valence-electron chi connectivity index (χ1n) is 9.42. The van der Waals surface area contributed by atoms with Gasteiger partial charge in [0.05, 0.1) is 17.3 Å². The highest BCUT2D eigenvalue weighted by atomic mass is 16.2. The summed E-state index contributed by atoms with van der Waals surface area (Å²) in [6.45, 7) is 8.39. The van der Waals surface area contributed by atoms with Crippen molar-refractivity contribution in [3.8, 4) is 5.69 Å². The van der Waals surface area contributed by atoms with Crippen molar-refractivity contribution in [2.45, 2.75) is 45.4 Å². The molecule has 27 heavy (non-hydrogen) atoms. The molecule has 4 nitrogen and oxygen atoms in total. The van der Waals surface area contributed by atoms with Gasteiger partial charge >= 0.3 is 0 Å². The van der Waals surface area contributed by atoms with Crippen LogP contribution in [-0.4, -0.2) is 15.7 Å². The predicted octanol–water partition coefficient (Wildman–Crippen LogP) is 5.30. The Morgan fingerprint density at radius 3 is 2.19 bits per heavy atom. The van der Waals surface area contributed by atoms with Crippen molar-refractivity contribution in [1.82, 2.24) is 9.78 Å². The van der Waals surface area contributed by atoms with Crippen molar-refractivity contribution in [1.29, 1.82) is 0 Å². The van der Waals surface area contributed by atoms with Gasteiger partial charge in [0, 0.05) is 11.5 Å². The van der Waals surface area contributed by atoms with Crippen LogP contribution in [0.3, 0.4) is 0 Å². The third-order valence-electron chi connectivity index (χ3n) is 4.66.